The Morgan fingerprint density at radius 1 is 1.38 bits per heavy atom. The van der Waals surface area contributed by atoms with Crippen molar-refractivity contribution in [1.29, 1.82) is 0 Å². The Balaban J connectivity index is 4.27. The third-order valence-corrected chi connectivity index (χ3v) is 3.04. The molecule has 0 aromatic heterocycles. The summed E-state index contributed by atoms with van der Waals surface area (Å²) in [4.78, 5) is 2.03. The van der Waals surface area contributed by atoms with E-state index in [9.17, 15) is 0 Å². The van der Waals surface area contributed by atoms with Crippen LogP contribution in [0.3, 0.4) is 0 Å². The number of hydrogen-bond acceptors (Lipinski definition) is 3. The number of hydrogen-bond donors (Lipinski definition) is 2. The topological polar surface area (TPSA) is 41.3 Å². The van der Waals surface area contributed by atoms with Gasteiger partial charge in [0.25, 0.3) is 0 Å². The molecule has 0 spiro atoms. The van der Waals surface area contributed by atoms with Crippen LogP contribution in [0.2, 0.25) is 0 Å². The van der Waals surface area contributed by atoms with Crippen LogP contribution in [0.15, 0.2) is 24.7 Å². The highest BCUT2D eigenvalue weighted by Crippen LogP contribution is 2.09. The molecule has 16 heavy (non-hydrogen) atoms. The van der Waals surface area contributed by atoms with E-state index in [1.165, 1.54) is 12.8 Å². The molecule has 0 fully saturated rings. The first-order valence-corrected chi connectivity index (χ1v) is 6.06. The minimum atomic E-state index is 0.110. The highest BCUT2D eigenvalue weighted by Gasteiger charge is 2.14. The molecule has 3 heteroatoms. The van der Waals surface area contributed by atoms with Crippen LogP contribution >= 0.6 is 0 Å². The van der Waals surface area contributed by atoms with Crippen LogP contribution in [0.5, 0.6) is 0 Å². The molecule has 0 aromatic rings. The van der Waals surface area contributed by atoms with Gasteiger partial charge in [-0.1, -0.05) is 33.4 Å². The van der Waals surface area contributed by atoms with Gasteiger partial charge in [0.15, 0.2) is 0 Å². The molecular weight excluding hydrogens is 198 g/mol. The second-order valence-corrected chi connectivity index (χ2v) is 4.35. The SMILES string of the molecule is C=C(N)C(C)N(C)C(=C)NC(CC)CCC. The Bertz CT molecular complexity index is 235. The van der Waals surface area contributed by atoms with E-state index in [-0.39, 0.29) is 6.04 Å². The number of nitrogens with two attached hydrogens (primary N) is 1. The molecular formula is C13H27N3. The van der Waals surface area contributed by atoms with Gasteiger partial charge in [0, 0.05) is 18.8 Å². The van der Waals surface area contributed by atoms with Crippen LogP contribution in [-0.2, 0) is 0 Å². The minimum absolute atomic E-state index is 0.110. The summed E-state index contributed by atoms with van der Waals surface area (Å²) in [6.45, 7) is 14.2. The average Bonchev–Trinajstić information content (AvgIpc) is 2.25. The van der Waals surface area contributed by atoms with Gasteiger partial charge in [-0.3, -0.25) is 0 Å². The zero-order valence-corrected chi connectivity index (χ0v) is 11.2. The van der Waals surface area contributed by atoms with Gasteiger partial charge in [0.2, 0.25) is 0 Å². The van der Waals surface area contributed by atoms with E-state index in [0.717, 1.165) is 12.2 Å². The molecule has 3 N–H and O–H groups in total. The lowest BCUT2D eigenvalue weighted by Gasteiger charge is -2.31. The monoisotopic (exact) mass is 225 g/mol. The van der Waals surface area contributed by atoms with Crippen molar-refractivity contribution < 1.29 is 0 Å². The number of likely N-dealkylation sites (N-methyl/N-ethyl adjacent to an activating group) is 1. The molecule has 2 atom stereocenters. The maximum atomic E-state index is 5.69. The molecule has 0 rings (SSSR count). The summed E-state index contributed by atoms with van der Waals surface area (Å²) in [5.74, 6) is 0.916. The molecule has 0 aliphatic carbocycles. The zero-order chi connectivity index (χ0) is 12.7. The quantitative estimate of drug-likeness (QED) is 0.666. The van der Waals surface area contributed by atoms with Crippen LogP contribution in [0.4, 0.5) is 0 Å². The lowest BCUT2D eigenvalue weighted by Crippen LogP contribution is -2.40. The van der Waals surface area contributed by atoms with Crippen molar-refractivity contribution in [3.05, 3.63) is 24.7 Å². The Hall–Kier alpha value is -1.12. The lowest BCUT2D eigenvalue weighted by atomic mass is 10.1. The molecule has 0 aliphatic heterocycles. The van der Waals surface area contributed by atoms with E-state index < -0.39 is 0 Å². The summed E-state index contributed by atoms with van der Waals surface area (Å²) in [5.41, 5.74) is 6.35. The van der Waals surface area contributed by atoms with Gasteiger partial charge < -0.3 is 16.0 Å². The Labute approximate surface area is 100 Å². The van der Waals surface area contributed by atoms with E-state index in [1.807, 2.05) is 18.9 Å². The fourth-order valence-corrected chi connectivity index (χ4v) is 1.55. The first-order valence-electron chi connectivity index (χ1n) is 6.06. The van der Waals surface area contributed by atoms with E-state index in [2.05, 4.69) is 32.3 Å². The maximum absolute atomic E-state index is 5.69. The predicted molar refractivity (Wildman–Crippen MR) is 71.8 cm³/mol. The van der Waals surface area contributed by atoms with Gasteiger partial charge in [-0.25, -0.2) is 0 Å². The van der Waals surface area contributed by atoms with Crippen molar-refractivity contribution in [3.8, 4) is 0 Å². The summed E-state index contributed by atoms with van der Waals surface area (Å²) in [5, 5.41) is 3.44. The summed E-state index contributed by atoms with van der Waals surface area (Å²) in [6, 6.07) is 0.609. The molecule has 0 saturated heterocycles. The third-order valence-electron chi connectivity index (χ3n) is 3.04. The molecule has 0 heterocycles. The van der Waals surface area contributed by atoms with Crippen LogP contribution in [-0.4, -0.2) is 24.0 Å². The summed E-state index contributed by atoms with van der Waals surface area (Å²) >= 11 is 0. The second-order valence-electron chi connectivity index (χ2n) is 4.35. The molecule has 0 saturated carbocycles. The van der Waals surface area contributed by atoms with Crippen LogP contribution in [0.25, 0.3) is 0 Å². The van der Waals surface area contributed by atoms with E-state index in [4.69, 9.17) is 5.73 Å². The Morgan fingerprint density at radius 2 is 1.94 bits per heavy atom. The van der Waals surface area contributed by atoms with Gasteiger partial charge in [-0.2, -0.15) is 0 Å². The molecule has 0 aliphatic rings. The van der Waals surface area contributed by atoms with Crippen molar-refractivity contribution in [1.82, 2.24) is 10.2 Å². The maximum Gasteiger partial charge on any atom is 0.0943 e. The summed E-state index contributed by atoms with van der Waals surface area (Å²) < 4.78 is 0. The van der Waals surface area contributed by atoms with Crippen LogP contribution in [0, 0.1) is 0 Å². The van der Waals surface area contributed by atoms with Crippen molar-refractivity contribution in [2.24, 2.45) is 5.73 Å². The van der Waals surface area contributed by atoms with Gasteiger partial charge >= 0.3 is 0 Å². The second kappa shape index (κ2) is 7.20. The van der Waals surface area contributed by atoms with Crippen molar-refractivity contribution in [2.75, 3.05) is 7.05 Å². The zero-order valence-electron chi connectivity index (χ0n) is 11.2. The van der Waals surface area contributed by atoms with Gasteiger partial charge in [0.1, 0.15) is 0 Å². The molecule has 2 unspecified atom stereocenters. The van der Waals surface area contributed by atoms with Gasteiger partial charge in [-0.15, -0.1) is 0 Å². The highest BCUT2D eigenvalue weighted by molar-refractivity contribution is 5.05. The van der Waals surface area contributed by atoms with Crippen molar-refractivity contribution in [3.63, 3.8) is 0 Å². The average molecular weight is 225 g/mol. The standard InChI is InChI=1S/C13H27N3/c1-7-9-13(8-2)15-12(5)16(6)11(4)10(3)14/h11,13,15H,3,5,7-9,14H2,1-2,4,6H3. The lowest BCUT2D eigenvalue weighted by molar-refractivity contribution is 0.313. The van der Waals surface area contributed by atoms with E-state index in [0.29, 0.717) is 11.7 Å². The summed E-state index contributed by atoms with van der Waals surface area (Å²) in [6.07, 6.45) is 3.46. The largest absolute Gasteiger partial charge is 0.401 e. The number of rotatable bonds is 8. The minimum Gasteiger partial charge on any atom is -0.401 e. The Morgan fingerprint density at radius 3 is 2.31 bits per heavy atom. The fraction of sp³-hybridized carbons (Fsp3) is 0.692. The van der Waals surface area contributed by atoms with E-state index >= 15 is 0 Å². The molecule has 0 radical (unpaired) electrons. The van der Waals surface area contributed by atoms with E-state index in [1.54, 1.807) is 0 Å². The normalized spacial score (nSPS) is 14.0. The molecule has 0 aromatic carbocycles. The highest BCUT2D eigenvalue weighted by atomic mass is 15.3. The van der Waals surface area contributed by atoms with Crippen molar-refractivity contribution >= 4 is 0 Å². The van der Waals surface area contributed by atoms with Crippen LogP contribution < -0.4 is 11.1 Å². The van der Waals surface area contributed by atoms with Crippen LogP contribution in [0.1, 0.15) is 40.0 Å². The number of nitrogens with one attached hydrogen (secondary N) is 1. The number of nitrogens with zero attached hydrogens (tertiary/aromatic N) is 1. The summed E-state index contributed by atoms with van der Waals surface area (Å²) in [7, 11) is 1.98. The van der Waals surface area contributed by atoms with Crippen molar-refractivity contribution in [2.45, 2.75) is 52.1 Å². The Kier molecular flexibility index (Phi) is 6.70. The van der Waals surface area contributed by atoms with Gasteiger partial charge in [-0.05, 0) is 19.8 Å². The fourth-order valence-electron chi connectivity index (χ4n) is 1.55. The molecule has 0 amide bonds. The van der Waals surface area contributed by atoms with Gasteiger partial charge in [0.05, 0.1) is 11.9 Å². The molecule has 94 valence electrons. The third kappa shape index (κ3) is 4.60. The first kappa shape index (κ1) is 14.9. The first-order chi connectivity index (χ1) is 7.43. The predicted octanol–water partition coefficient (Wildman–Crippen LogP) is 2.42. The molecule has 3 nitrogen and oxygen atoms in total. The molecule has 0 bridgehead atoms. The smallest absolute Gasteiger partial charge is 0.0943 e.